The van der Waals surface area contributed by atoms with E-state index in [2.05, 4.69) is 10.3 Å². The molecule has 0 N–H and O–H groups in total. The quantitative estimate of drug-likeness (QED) is 0.695. The maximum absolute atomic E-state index is 12.3. The van der Waals surface area contributed by atoms with Crippen LogP contribution in [0, 0.1) is 0 Å². The Hall–Kier alpha value is -2.46. The molecule has 1 heterocycles. The molecule has 1 aromatic heterocycles. The fraction of sp³-hybridized carbons (Fsp3) is 0.0625. The summed E-state index contributed by atoms with van der Waals surface area (Å²) in [5.41, 5.74) is 1.77. The van der Waals surface area contributed by atoms with E-state index in [4.69, 9.17) is 11.6 Å². The van der Waals surface area contributed by atoms with Crippen molar-refractivity contribution in [3.63, 3.8) is 0 Å². The predicted octanol–water partition coefficient (Wildman–Crippen LogP) is 3.21. The average Bonchev–Trinajstić information content (AvgIpc) is 2.89. The summed E-state index contributed by atoms with van der Waals surface area (Å²) in [6.07, 6.45) is 0. The summed E-state index contributed by atoms with van der Waals surface area (Å²) in [4.78, 5) is 12.3. The van der Waals surface area contributed by atoms with E-state index in [9.17, 15) is 4.79 Å². The van der Waals surface area contributed by atoms with Crippen molar-refractivity contribution in [1.29, 1.82) is 0 Å². The third-order valence-electron chi connectivity index (χ3n) is 3.10. The van der Waals surface area contributed by atoms with Gasteiger partial charge in [-0.2, -0.15) is 0 Å². The number of aromatic nitrogens is 3. The van der Waals surface area contributed by atoms with Crippen molar-refractivity contribution in [3.05, 3.63) is 82.6 Å². The fourth-order valence-corrected chi connectivity index (χ4v) is 2.24. The number of carbonyl (C=O) groups excluding carboxylic acids is 1. The summed E-state index contributed by atoms with van der Waals surface area (Å²) in [6, 6.07) is 18.7. The minimum Gasteiger partial charge on any atom is -0.287 e. The van der Waals surface area contributed by atoms with Gasteiger partial charge in [-0.05, 0) is 5.56 Å². The van der Waals surface area contributed by atoms with Crippen LogP contribution >= 0.6 is 11.6 Å². The van der Waals surface area contributed by atoms with Gasteiger partial charge in [-0.15, -0.1) is 5.10 Å². The minimum atomic E-state index is -0.222. The van der Waals surface area contributed by atoms with Crippen molar-refractivity contribution >= 4 is 17.4 Å². The van der Waals surface area contributed by atoms with E-state index in [0.29, 0.717) is 12.1 Å². The van der Waals surface area contributed by atoms with E-state index in [1.807, 2.05) is 36.4 Å². The summed E-state index contributed by atoms with van der Waals surface area (Å²) in [5.74, 6) is -0.222. The first-order valence-corrected chi connectivity index (χ1v) is 6.86. The monoisotopic (exact) mass is 297 g/mol. The second-order valence-electron chi connectivity index (χ2n) is 4.57. The van der Waals surface area contributed by atoms with Gasteiger partial charge in [0.15, 0.2) is 10.8 Å². The highest BCUT2D eigenvalue weighted by Crippen LogP contribution is 2.18. The molecule has 4 nitrogen and oxygen atoms in total. The van der Waals surface area contributed by atoms with Crippen LogP contribution in [0.25, 0.3) is 0 Å². The number of ketones is 1. The number of hydrogen-bond acceptors (Lipinski definition) is 3. The number of nitrogens with zero attached hydrogens (tertiary/aromatic N) is 3. The van der Waals surface area contributed by atoms with Crippen LogP contribution in [0.2, 0.25) is 5.15 Å². The van der Waals surface area contributed by atoms with Crippen LogP contribution in [0.1, 0.15) is 21.6 Å². The molecule has 21 heavy (non-hydrogen) atoms. The van der Waals surface area contributed by atoms with Gasteiger partial charge in [-0.25, -0.2) is 4.68 Å². The van der Waals surface area contributed by atoms with Crippen molar-refractivity contribution in [3.8, 4) is 0 Å². The van der Waals surface area contributed by atoms with Gasteiger partial charge < -0.3 is 0 Å². The van der Waals surface area contributed by atoms with E-state index in [1.54, 1.807) is 24.3 Å². The van der Waals surface area contributed by atoms with Crippen LogP contribution in [0.15, 0.2) is 60.7 Å². The van der Waals surface area contributed by atoms with Crippen LogP contribution in [-0.2, 0) is 6.54 Å². The third-order valence-corrected chi connectivity index (χ3v) is 3.48. The number of rotatable bonds is 4. The molecule has 0 amide bonds. The lowest BCUT2D eigenvalue weighted by atomic mass is 10.1. The van der Waals surface area contributed by atoms with Crippen molar-refractivity contribution in [2.24, 2.45) is 0 Å². The largest absolute Gasteiger partial charge is 0.287 e. The molecular weight excluding hydrogens is 286 g/mol. The predicted molar refractivity (Wildman–Crippen MR) is 80.5 cm³/mol. The van der Waals surface area contributed by atoms with E-state index >= 15 is 0 Å². The van der Waals surface area contributed by atoms with Gasteiger partial charge in [0.1, 0.15) is 0 Å². The van der Waals surface area contributed by atoms with Gasteiger partial charge >= 0.3 is 0 Å². The lowest BCUT2D eigenvalue weighted by molar-refractivity contribution is 0.103. The molecule has 0 atom stereocenters. The highest BCUT2D eigenvalue weighted by Gasteiger charge is 2.19. The summed E-state index contributed by atoms with van der Waals surface area (Å²) >= 11 is 6.24. The zero-order valence-electron chi connectivity index (χ0n) is 11.1. The SMILES string of the molecule is O=C(c1ccccc1)c1nnn(Cc2ccccc2)c1Cl. The molecule has 3 rings (SSSR count). The Bertz CT molecular complexity index is 754. The van der Waals surface area contributed by atoms with Gasteiger partial charge in [0.25, 0.3) is 0 Å². The first kappa shape index (κ1) is 13.5. The zero-order valence-corrected chi connectivity index (χ0v) is 11.9. The summed E-state index contributed by atoms with van der Waals surface area (Å²) in [7, 11) is 0. The third kappa shape index (κ3) is 2.85. The number of carbonyl (C=O) groups is 1. The Balaban J connectivity index is 1.88. The lowest BCUT2D eigenvalue weighted by Crippen LogP contribution is -2.04. The van der Waals surface area contributed by atoms with E-state index in [1.165, 1.54) is 4.68 Å². The Morgan fingerprint density at radius 3 is 2.29 bits per heavy atom. The average molecular weight is 298 g/mol. The Morgan fingerprint density at radius 2 is 1.62 bits per heavy atom. The maximum Gasteiger partial charge on any atom is 0.216 e. The molecule has 0 bridgehead atoms. The molecule has 0 radical (unpaired) electrons. The summed E-state index contributed by atoms with van der Waals surface area (Å²) in [5, 5.41) is 8.15. The van der Waals surface area contributed by atoms with Crippen molar-refractivity contribution < 1.29 is 4.79 Å². The van der Waals surface area contributed by atoms with Gasteiger partial charge in [0.05, 0.1) is 6.54 Å². The molecule has 0 fully saturated rings. The first-order chi connectivity index (χ1) is 10.3. The van der Waals surface area contributed by atoms with Gasteiger partial charge in [-0.3, -0.25) is 4.79 Å². The minimum absolute atomic E-state index is 0.179. The molecule has 0 saturated carbocycles. The van der Waals surface area contributed by atoms with Crippen molar-refractivity contribution in [2.45, 2.75) is 6.54 Å². The second kappa shape index (κ2) is 5.89. The first-order valence-electron chi connectivity index (χ1n) is 6.48. The number of hydrogen-bond donors (Lipinski definition) is 0. The highest BCUT2D eigenvalue weighted by molar-refractivity contribution is 6.33. The van der Waals surface area contributed by atoms with Crippen LogP contribution in [0.3, 0.4) is 0 Å². The molecular formula is C16H12ClN3O. The molecule has 0 unspecified atom stereocenters. The zero-order chi connectivity index (χ0) is 14.7. The molecule has 2 aromatic carbocycles. The molecule has 5 heteroatoms. The van der Waals surface area contributed by atoms with Crippen LogP contribution < -0.4 is 0 Å². The Labute approximate surface area is 127 Å². The molecule has 3 aromatic rings. The van der Waals surface area contributed by atoms with E-state index < -0.39 is 0 Å². The highest BCUT2D eigenvalue weighted by atomic mass is 35.5. The fourth-order valence-electron chi connectivity index (χ4n) is 2.02. The molecule has 0 aliphatic carbocycles. The normalized spacial score (nSPS) is 10.5. The maximum atomic E-state index is 12.3. The molecule has 104 valence electrons. The van der Waals surface area contributed by atoms with Gasteiger partial charge in [-0.1, -0.05) is 77.5 Å². The number of halogens is 1. The second-order valence-corrected chi connectivity index (χ2v) is 4.93. The topological polar surface area (TPSA) is 47.8 Å². The molecule has 0 aliphatic heterocycles. The lowest BCUT2D eigenvalue weighted by Gasteiger charge is -2.02. The van der Waals surface area contributed by atoms with Gasteiger partial charge in [0, 0.05) is 5.56 Å². The molecule has 0 aliphatic rings. The van der Waals surface area contributed by atoms with Crippen LogP contribution in [0.4, 0.5) is 0 Å². The Kier molecular flexibility index (Phi) is 3.79. The summed E-state index contributed by atoms with van der Waals surface area (Å²) < 4.78 is 1.52. The molecule has 0 saturated heterocycles. The Morgan fingerprint density at radius 1 is 1.00 bits per heavy atom. The smallest absolute Gasteiger partial charge is 0.216 e. The molecule has 0 spiro atoms. The van der Waals surface area contributed by atoms with Crippen molar-refractivity contribution in [1.82, 2.24) is 15.0 Å². The number of benzene rings is 2. The van der Waals surface area contributed by atoms with E-state index in [0.717, 1.165) is 5.56 Å². The summed E-state index contributed by atoms with van der Waals surface area (Å²) in [6.45, 7) is 0.481. The van der Waals surface area contributed by atoms with Crippen LogP contribution in [0.5, 0.6) is 0 Å². The van der Waals surface area contributed by atoms with Crippen LogP contribution in [-0.4, -0.2) is 20.8 Å². The van der Waals surface area contributed by atoms with E-state index in [-0.39, 0.29) is 16.6 Å². The standard InChI is InChI=1S/C16H12ClN3O/c17-16-14(15(21)13-9-5-2-6-10-13)18-19-20(16)11-12-7-3-1-4-8-12/h1-10H,11H2. The van der Waals surface area contributed by atoms with Crippen molar-refractivity contribution in [2.75, 3.05) is 0 Å². The van der Waals surface area contributed by atoms with Gasteiger partial charge in [0.2, 0.25) is 5.78 Å².